The number of guanidine groups is 1. The molecule has 1 aliphatic heterocycles. The third-order valence-electron chi connectivity index (χ3n) is 3.63. The summed E-state index contributed by atoms with van der Waals surface area (Å²) in [5.74, 6) is 6.79. The molecule has 106 valence electrons. The number of hydrogen-bond donors (Lipinski definition) is 3. The van der Waals surface area contributed by atoms with Gasteiger partial charge in [0, 0.05) is 13.1 Å². The van der Waals surface area contributed by atoms with Crippen LogP contribution in [0.4, 0.5) is 0 Å². The summed E-state index contributed by atoms with van der Waals surface area (Å²) < 4.78 is 0. The van der Waals surface area contributed by atoms with Crippen LogP contribution in [0.25, 0.3) is 0 Å². The van der Waals surface area contributed by atoms with Crippen LogP contribution < -0.4 is 16.6 Å². The largest absolute Gasteiger partial charge is 0.355 e. The van der Waals surface area contributed by atoms with Crippen molar-refractivity contribution < 1.29 is 0 Å². The van der Waals surface area contributed by atoms with Gasteiger partial charge in [-0.05, 0) is 44.3 Å². The minimum absolute atomic E-state index is 0.314. The van der Waals surface area contributed by atoms with Crippen LogP contribution in [0.1, 0.15) is 33.6 Å². The average Bonchev–Trinajstić information content (AvgIpc) is 2.33. The SMILES string of the molecule is CC(C)CNC(=NCC1(C)CCN(C)CC1)NN. The van der Waals surface area contributed by atoms with Gasteiger partial charge in [-0.1, -0.05) is 20.8 Å². The van der Waals surface area contributed by atoms with Gasteiger partial charge in [0.15, 0.2) is 0 Å². The van der Waals surface area contributed by atoms with Gasteiger partial charge < -0.3 is 10.2 Å². The van der Waals surface area contributed by atoms with Crippen molar-refractivity contribution in [3.8, 4) is 0 Å². The summed E-state index contributed by atoms with van der Waals surface area (Å²) >= 11 is 0. The van der Waals surface area contributed by atoms with E-state index in [4.69, 9.17) is 5.84 Å². The van der Waals surface area contributed by atoms with E-state index in [1.54, 1.807) is 0 Å². The van der Waals surface area contributed by atoms with Gasteiger partial charge in [0.05, 0.1) is 0 Å². The fourth-order valence-electron chi connectivity index (χ4n) is 2.04. The van der Waals surface area contributed by atoms with E-state index in [-0.39, 0.29) is 0 Å². The lowest BCUT2D eigenvalue weighted by molar-refractivity contribution is 0.147. The molecule has 1 rings (SSSR count). The standard InChI is InChI=1S/C13H29N5/c1-11(2)9-15-12(17-14)16-10-13(3)5-7-18(4)8-6-13/h11H,5-10,14H2,1-4H3,(H2,15,16,17). The Bertz CT molecular complexity index is 267. The lowest BCUT2D eigenvalue weighted by Crippen LogP contribution is -2.44. The first-order valence-electron chi connectivity index (χ1n) is 6.89. The van der Waals surface area contributed by atoms with Crippen molar-refractivity contribution in [1.29, 1.82) is 0 Å². The van der Waals surface area contributed by atoms with E-state index in [0.29, 0.717) is 17.3 Å². The topological polar surface area (TPSA) is 65.7 Å². The molecule has 0 bridgehead atoms. The van der Waals surface area contributed by atoms with Crippen LogP contribution in [0.5, 0.6) is 0 Å². The predicted octanol–water partition coefficient (Wildman–Crippen LogP) is 0.783. The molecule has 0 radical (unpaired) electrons. The van der Waals surface area contributed by atoms with Gasteiger partial charge in [0.1, 0.15) is 0 Å². The summed E-state index contributed by atoms with van der Waals surface area (Å²) in [6, 6.07) is 0. The van der Waals surface area contributed by atoms with Crippen LogP contribution in [0.3, 0.4) is 0 Å². The van der Waals surface area contributed by atoms with Crippen molar-refractivity contribution in [3.05, 3.63) is 0 Å². The smallest absolute Gasteiger partial charge is 0.205 e. The van der Waals surface area contributed by atoms with Crippen molar-refractivity contribution in [2.45, 2.75) is 33.6 Å². The second-order valence-corrected chi connectivity index (χ2v) is 6.20. The van der Waals surface area contributed by atoms with Gasteiger partial charge >= 0.3 is 0 Å². The highest BCUT2D eigenvalue weighted by molar-refractivity contribution is 5.79. The molecule has 1 saturated heterocycles. The quantitative estimate of drug-likeness (QED) is 0.301. The number of piperidine rings is 1. The Labute approximate surface area is 111 Å². The molecule has 0 unspecified atom stereocenters. The van der Waals surface area contributed by atoms with Crippen molar-refractivity contribution in [2.75, 3.05) is 33.2 Å². The molecule has 0 spiro atoms. The highest BCUT2D eigenvalue weighted by Gasteiger charge is 2.28. The second-order valence-electron chi connectivity index (χ2n) is 6.20. The number of aliphatic imine (C=N–C) groups is 1. The lowest BCUT2D eigenvalue weighted by Gasteiger charge is -2.36. The maximum atomic E-state index is 5.49. The highest BCUT2D eigenvalue weighted by atomic mass is 15.3. The Morgan fingerprint density at radius 3 is 2.50 bits per heavy atom. The summed E-state index contributed by atoms with van der Waals surface area (Å²) in [6.07, 6.45) is 2.41. The summed E-state index contributed by atoms with van der Waals surface area (Å²) in [4.78, 5) is 6.97. The highest BCUT2D eigenvalue weighted by Crippen LogP contribution is 2.30. The minimum Gasteiger partial charge on any atom is -0.355 e. The molecule has 0 saturated carbocycles. The van der Waals surface area contributed by atoms with Crippen LogP contribution in [0, 0.1) is 11.3 Å². The van der Waals surface area contributed by atoms with Gasteiger partial charge in [-0.25, -0.2) is 5.84 Å². The van der Waals surface area contributed by atoms with E-state index in [2.05, 4.69) is 48.5 Å². The number of nitrogens with zero attached hydrogens (tertiary/aromatic N) is 2. The molecular weight excluding hydrogens is 226 g/mol. The van der Waals surface area contributed by atoms with Gasteiger partial charge in [-0.2, -0.15) is 0 Å². The van der Waals surface area contributed by atoms with Crippen molar-refractivity contribution >= 4 is 5.96 Å². The van der Waals surface area contributed by atoms with E-state index >= 15 is 0 Å². The molecule has 1 aliphatic rings. The molecule has 0 aromatic carbocycles. The van der Waals surface area contributed by atoms with Gasteiger partial charge in [0.25, 0.3) is 0 Å². The zero-order valence-electron chi connectivity index (χ0n) is 12.3. The molecular formula is C13H29N5. The number of nitrogens with two attached hydrogens (primary N) is 1. The minimum atomic E-state index is 0.314. The van der Waals surface area contributed by atoms with Crippen LogP contribution in [0.2, 0.25) is 0 Å². The summed E-state index contributed by atoms with van der Waals surface area (Å²) in [5, 5.41) is 3.24. The molecule has 0 aromatic rings. The Morgan fingerprint density at radius 2 is 2.00 bits per heavy atom. The molecule has 1 fully saturated rings. The van der Waals surface area contributed by atoms with Crippen molar-refractivity contribution in [1.82, 2.24) is 15.6 Å². The van der Waals surface area contributed by atoms with Crippen molar-refractivity contribution in [2.24, 2.45) is 22.2 Å². The van der Waals surface area contributed by atoms with Crippen LogP contribution in [-0.2, 0) is 0 Å². The zero-order chi connectivity index (χ0) is 13.6. The molecule has 18 heavy (non-hydrogen) atoms. The van der Waals surface area contributed by atoms with E-state index in [0.717, 1.165) is 26.2 Å². The molecule has 5 heteroatoms. The van der Waals surface area contributed by atoms with Gasteiger partial charge in [-0.3, -0.25) is 10.4 Å². The number of nitrogens with one attached hydrogen (secondary N) is 2. The first-order chi connectivity index (χ1) is 8.45. The van der Waals surface area contributed by atoms with Crippen molar-refractivity contribution in [3.63, 3.8) is 0 Å². The third-order valence-corrected chi connectivity index (χ3v) is 3.63. The Hall–Kier alpha value is -0.810. The summed E-state index contributed by atoms with van der Waals surface area (Å²) in [5.41, 5.74) is 2.97. The number of hydrogen-bond acceptors (Lipinski definition) is 3. The normalized spacial score (nSPS) is 21.1. The van der Waals surface area contributed by atoms with E-state index in [1.807, 2.05) is 0 Å². The average molecular weight is 255 g/mol. The molecule has 0 amide bonds. The first kappa shape index (κ1) is 15.2. The fourth-order valence-corrected chi connectivity index (χ4v) is 2.04. The van der Waals surface area contributed by atoms with Gasteiger partial charge in [-0.15, -0.1) is 0 Å². The second kappa shape index (κ2) is 6.95. The number of hydrazine groups is 1. The Morgan fingerprint density at radius 1 is 1.39 bits per heavy atom. The zero-order valence-corrected chi connectivity index (χ0v) is 12.3. The molecule has 0 aliphatic carbocycles. The predicted molar refractivity (Wildman–Crippen MR) is 77.3 cm³/mol. The van der Waals surface area contributed by atoms with Crippen LogP contribution in [-0.4, -0.2) is 44.1 Å². The van der Waals surface area contributed by atoms with E-state index in [1.165, 1.54) is 12.8 Å². The fraction of sp³-hybridized carbons (Fsp3) is 0.923. The molecule has 1 heterocycles. The molecule has 5 nitrogen and oxygen atoms in total. The maximum Gasteiger partial charge on any atom is 0.205 e. The molecule has 0 aromatic heterocycles. The Balaban J connectivity index is 2.44. The van der Waals surface area contributed by atoms with Crippen LogP contribution in [0.15, 0.2) is 4.99 Å². The molecule has 0 atom stereocenters. The third kappa shape index (κ3) is 5.23. The number of likely N-dealkylation sites (tertiary alicyclic amines) is 1. The summed E-state index contributed by atoms with van der Waals surface area (Å²) in [7, 11) is 2.18. The maximum absolute atomic E-state index is 5.49. The van der Waals surface area contributed by atoms with Crippen LogP contribution >= 0.6 is 0 Å². The Kier molecular flexibility index (Phi) is 5.88. The lowest BCUT2D eigenvalue weighted by atomic mass is 9.80. The van der Waals surface area contributed by atoms with E-state index < -0.39 is 0 Å². The summed E-state index contributed by atoms with van der Waals surface area (Å²) in [6.45, 7) is 10.7. The first-order valence-corrected chi connectivity index (χ1v) is 6.89. The van der Waals surface area contributed by atoms with Gasteiger partial charge in [0.2, 0.25) is 5.96 Å². The van der Waals surface area contributed by atoms with E-state index in [9.17, 15) is 0 Å². The number of rotatable bonds is 4. The molecule has 4 N–H and O–H groups in total. The monoisotopic (exact) mass is 255 g/mol.